The Hall–Kier alpha value is -0.470. The predicted octanol–water partition coefficient (Wildman–Crippen LogP) is 3.32. The van der Waals surface area contributed by atoms with E-state index in [9.17, 15) is 0 Å². The average Bonchev–Trinajstić information content (AvgIpc) is 2.18. The van der Waals surface area contributed by atoms with Gasteiger partial charge in [0, 0.05) is 4.90 Å². The minimum absolute atomic E-state index is 0.137. The van der Waals surface area contributed by atoms with Gasteiger partial charge >= 0.3 is 0 Å². The van der Waals surface area contributed by atoms with Crippen LogP contribution in [0.4, 0.5) is 0 Å². The van der Waals surface area contributed by atoms with Crippen molar-refractivity contribution in [2.24, 2.45) is 5.92 Å². The molecule has 0 fully saturated rings. The molecule has 0 atom stereocenters. The summed E-state index contributed by atoms with van der Waals surface area (Å²) < 4.78 is 0. The largest absolute Gasteiger partial charge is 0.392 e. The van der Waals surface area contributed by atoms with Crippen LogP contribution in [0.2, 0.25) is 0 Å². The van der Waals surface area contributed by atoms with Crippen molar-refractivity contribution in [3.8, 4) is 0 Å². The maximum atomic E-state index is 8.97. The highest BCUT2D eigenvalue weighted by atomic mass is 32.2. The van der Waals surface area contributed by atoms with Gasteiger partial charge in [0.25, 0.3) is 0 Å². The van der Waals surface area contributed by atoms with Crippen LogP contribution >= 0.6 is 11.8 Å². The third-order valence-corrected chi connectivity index (χ3v) is 3.07. The van der Waals surface area contributed by atoms with E-state index in [1.165, 1.54) is 11.3 Å². The molecule has 0 saturated carbocycles. The van der Waals surface area contributed by atoms with Gasteiger partial charge in [0.05, 0.1) is 6.61 Å². The van der Waals surface area contributed by atoms with Gasteiger partial charge in [0.15, 0.2) is 0 Å². The first-order valence-corrected chi connectivity index (χ1v) is 6.03. The number of benzene rings is 1. The summed E-state index contributed by atoms with van der Waals surface area (Å²) in [6.07, 6.45) is 1.24. The third kappa shape index (κ3) is 4.16. The zero-order valence-corrected chi connectivity index (χ0v) is 9.68. The molecule has 1 N–H and O–H groups in total. The second kappa shape index (κ2) is 6.10. The summed E-state index contributed by atoms with van der Waals surface area (Å²) in [4.78, 5) is 1.26. The van der Waals surface area contributed by atoms with Crippen LogP contribution in [-0.2, 0) is 6.61 Å². The van der Waals surface area contributed by atoms with Gasteiger partial charge in [0.1, 0.15) is 0 Å². The Morgan fingerprint density at radius 3 is 2.79 bits per heavy atom. The summed E-state index contributed by atoms with van der Waals surface area (Å²) in [6, 6.07) is 8.12. The molecule has 0 aliphatic heterocycles. The third-order valence-electron chi connectivity index (χ3n) is 2.04. The molecule has 78 valence electrons. The first-order chi connectivity index (χ1) is 6.72. The monoisotopic (exact) mass is 210 g/mol. The topological polar surface area (TPSA) is 20.2 Å². The van der Waals surface area contributed by atoms with Crippen LogP contribution in [0.5, 0.6) is 0 Å². The Bertz CT molecular complexity index is 271. The smallest absolute Gasteiger partial charge is 0.0682 e. The Morgan fingerprint density at radius 1 is 1.36 bits per heavy atom. The highest BCUT2D eigenvalue weighted by Gasteiger charge is 1.97. The van der Waals surface area contributed by atoms with Crippen LogP contribution in [0.1, 0.15) is 25.8 Å². The van der Waals surface area contributed by atoms with Crippen molar-refractivity contribution in [1.29, 1.82) is 0 Å². The van der Waals surface area contributed by atoms with Crippen molar-refractivity contribution in [2.75, 3.05) is 5.75 Å². The summed E-state index contributed by atoms with van der Waals surface area (Å²) in [5, 5.41) is 8.97. The molecule has 1 aromatic rings. The Labute approximate surface area is 90.5 Å². The molecule has 0 radical (unpaired) electrons. The summed E-state index contributed by atoms with van der Waals surface area (Å²) in [5.41, 5.74) is 1.000. The minimum Gasteiger partial charge on any atom is -0.392 e. The Balaban J connectivity index is 2.42. The summed E-state index contributed by atoms with van der Waals surface area (Å²) in [7, 11) is 0. The SMILES string of the molecule is CC(C)CCSc1cccc(CO)c1. The summed E-state index contributed by atoms with van der Waals surface area (Å²) in [5.74, 6) is 1.93. The molecular weight excluding hydrogens is 192 g/mol. The van der Waals surface area contributed by atoms with Crippen LogP contribution < -0.4 is 0 Å². The highest BCUT2D eigenvalue weighted by Crippen LogP contribution is 2.21. The molecule has 1 rings (SSSR count). The number of aliphatic hydroxyl groups is 1. The van der Waals surface area contributed by atoms with E-state index < -0.39 is 0 Å². The fraction of sp³-hybridized carbons (Fsp3) is 0.500. The molecule has 0 aromatic heterocycles. The quantitative estimate of drug-likeness (QED) is 0.752. The number of aliphatic hydroxyl groups excluding tert-OH is 1. The highest BCUT2D eigenvalue weighted by molar-refractivity contribution is 7.99. The molecule has 0 bridgehead atoms. The van der Waals surface area contributed by atoms with Crippen molar-refractivity contribution in [3.63, 3.8) is 0 Å². The van der Waals surface area contributed by atoms with Crippen molar-refractivity contribution in [2.45, 2.75) is 31.8 Å². The van der Waals surface area contributed by atoms with Gasteiger partial charge in [-0.15, -0.1) is 11.8 Å². The van der Waals surface area contributed by atoms with E-state index in [2.05, 4.69) is 26.0 Å². The van der Waals surface area contributed by atoms with E-state index in [1.807, 2.05) is 23.9 Å². The van der Waals surface area contributed by atoms with E-state index in [0.717, 1.165) is 17.2 Å². The van der Waals surface area contributed by atoms with E-state index >= 15 is 0 Å². The number of rotatable bonds is 5. The zero-order chi connectivity index (χ0) is 10.4. The van der Waals surface area contributed by atoms with E-state index in [4.69, 9.17) is 5.11 Å². The molecule has 1 nitrogen and oxygen atoms in total. The van der Waals surface area contributed by atoms with Crippen molar-refractivity contribution < 1.29 is 5.11 Å². The van der Waals surface area contributed by atoms with Crippen molar-refractivity contribution in [1.82, 2.24) is 0 Å². The second-order valence-electron chi connectivity index (χ2n) is 3.84. The standard InChI is InChI=1S/C12H18OS/c1-10(2)6-7-14-12-5-3-4-11(8-12)9-13/h3-5,8,10,13H,6-7,9H2,1-2H3. The molecule has 0 aliphatic carbocycles. The fourth-order valence-electron chi connectivity index (χ4n) is 1.15. The fourth-order valence-corrected chi connectivity index (χ4v) is 2.38. The summed E-state index contributed by atoms with van der Waals surface area (Å²) >= 11 is 1.87. The maximum Gasteiger partial charge on any atom is 0.0682 e. The van der Waals surface area contributed by atoms with Crippen LogP contribution in [0.3, 0.4) is 0 Å². The van der Waals surface area contributed by atoms with E-state index in [1.54, 1.807) is 0 Å². The van der Waals surface area contributed by atoms with Crippen LogP contribution in [0.15, 0.2) is 29.2 Å². The van der Waals surface area contributed by atoms with Gasteiger partial charge in [-0.1, -0.05) is 26.0 Å². The zero-order valence-electron chi connectivity index (χ0n) is 8.86. The maximum absolute atomic E-state index is 8.97. The lowest BCUT2D eigenvalue weighted by molar-refractivity contribution is 0.281. The molecular formula is C12H18OS. The van der Waals surface area contributed by atoms with Gasteiger partial charge in [-0.3, -0.25) is 0 Å². The lowest BCUT2D eigenvalue weighted by atomic mass is 10.2. The predicted molar refractivity (Wildman–Crippen MR) is 62.5 cm³/mol. The Morgan fingerprint density at radius 2 is 2.14 bits per heavy atom. The number of hydrogen-bond donors (Lipinski definition) is 1. The van der Waals surface area contributed by atoms with Crippen LogP contribution in [0, 0.1) is 5.92 Å². The number of hydrogen-bond acceptors (Lipinski definition) is 2. The average molecular weight is 210 g/mol. The van der Waals surface area contributed by atoms with Gasteiger partial charge in [-0.05, 0) is 35.8 Å². The minimum atomic E-state index is 0.137. The number of thioether (sulfide) groups is 1. The van der Waals surface area contributed by atoms with Gasteiger partial charge in [-0.2, -0.15) is 0 Å². The summed E-state index contributed by atoms with van der Waals surface area (Å²) in [6.45, 7) is 4.62. The van der Waals surface area contributed by atoms with Gasteiger partial charge < -0.3 is 5.11 Å². The van der Waals surface area contributed by atoms with E-state index in [-0.39, 0.29) is 6.61 Å². The second-order valence-corrected chi connectivity index (χ2v) is 5.00. The van der Waals surface area contributed by atoms with Gasteiger partial charge in [-0.25, -0.2) is 0 Å². The molecule has 0 saturated heterocycles. The molecule has 2 heteroatoms. The lowest BCUT2D eigenvalue weighted by Crippen LogP contribution is -1.89. The van der Waals surface area contributed by atoms with Crippen molar-refractivity contribution in [3.05, 3.63) is 29.8 Å². The van der Waals surface area contributed by atoms with Crippen molar-refractivity contribution >= 4 is 11.8 Å². The van der Waals surface area contributed by atoms with E-state index in [0.29, 0.717) is 0 Å². The first kappa shape index (κ1) is 11.6. The molecule has 1 aromatic carbocycles. The molecule has 0 unspecified atom stereocenters. The molecule has 0 spiro atoms. The van der Waals surface area contributed by atoms with Crippen LogP contribution in [0.25, 0.3) is 0 Å². The normalized spacial score (nSPS) is 10.9. The molecule has 0 aliphatic rings. The lowest BCUT2D eigenvalue weighted by Gasteiger charge is -2.05. The molecule has 0 heterocycles. The Kier molecular flexibility index (Phi) is 5.05. The first-order valence-electron chi connectivity index (χ1n) is 5.05. The molecule has 0 amide bonds. The van der Waals surface area contributed by atoms with Crippen LogP contribution in [-0.4, -0.2) is 10.9 Å². The molecule has 14 heavy (non-hydrogen) atoms. The van der Waals surface area contributed by atoms with Gasteiger partial charge in [0.2, 0.25) is 0 Å².